The summed E-state index contributed by atoms with van der Waals surface area (Å²) in [4.78, 5) is 9.11. The van der Waals surface area contributed by atoms with Crippen molar-refractivity contribution in [1.82, 2.24) is 19.7 Å². The maximum Gasteiger partial charge on any atom is 0.164 e. The Hall–Kier alpha value is -0.940. The van der Waals surface area contributed by atoms with Gasteiger partial charge >= 0.3 is 0 Å². The smallest absolute Gasteiger partial charge is 0.164 e. The van der Waals surface area contributed by atoms with Crippen molar-refractivity contribution in [2.45, 2.75) is 45.1 Å². The van der Waals surface area contributed by atoms with Gasteiger partial charge in [0.1, 0.15) is 5.15 Å². The van der Waals surface area contributed by atoms with Crippen LogP contribution in [0.25, 0.3) is 11.4 Å². The Morgan fingerprint density at radius 3 is 2.75 bits per heavy atom. The zero-order valence-corrected chi connectivity index (χ0v) is 13.7. The molecule has 1 fully saturated rings. The summed E-state index contributed by atoms with van der Waals surface area (Å²) in [7, 11) is 0. The third kappa shape index (κ3) is 2.61. The molecule has 1 saturated carbocycles. The van der Waals surface area contributed by atoms with Gasteiger partial charge in [-0.2, -0.15) is 5.10 Å². The molecule has 2 aromatic rings. The van der Waals surface area contributed by atoms with Crippen LogP contribution in [0, 0.1) is 0 Å². The van der Waals surface area contributed by atoms with Crippen molar-refractivity contribution in [3.8, 4) is 11.4 Å². The molecule has 0 N–H and O–H groups in total. The summed E-state index contributed by atoms with van der Waals surface area (Å²) in [5.41, 5.74) is 1.96. The van der Waals surface area contributed by atoms with E-state index < -0.39 is 0 Å². The largest absolute Gasteiger partial charge is 0.272 e. The van der Waals surface area contributed by atoms with Gasteiger partial charge in [-0.25, -0.2) is 9.97 Å². The van der Waals surface area contributed by atoms with E-state index in [2.05, 4.69) is 32.9 Å². The molecular formula is C14H16BrClN4. The second kappa shape index (κ2) is 5.82. The maximum absolute atomic E-state index is 6.26. The molecule has 106 valence electrons. The van der Waals surface area contributed by atoms with Gasteiger partial charge in [-0.3, -0.25) is 4.68 Å². The van der Waals surface area contributed by atoms with Crippen LogP contribution in [0.4, 0.5) is 0 Å². The second-order valence-electron chi connectivity index (χ2n) is 5.10. The average molecular weight is 356 g/mol. The van der Waals surface area contributed by atoms with Gasteiger partial charge in [0.25, 0.3) is 0 Å². The fourth-order valence-corrected chi connectivity index (χ4v) is 3.36. The van der Waals surface area contributed by atoms with E-state index >= 15 is 0 Å². The van der Waals surface area contributed by atoms with Crippen molar-refractivity contribution in [1.29, 1.82) is 0 Å². The molecule has 2 heterocycles. The molecule has 0 unspecified atom stereocenters. The molecule has 0 bridgehead atoms. The Morgan fingerprint density at radius 1 is 1.35 bits per heavy atom. The minimum Gasteiger partial charge on any atom is -0.272 e. The van der Waals surface area contributed by atoms with Gasteiger partial charge in [0.05, 0.1) is 21.9 Å². The van der Waals surface area contributed by atoms with E-state index in [1.165, 1.54) is 25.7 Å². The summed E-state index contributed by atoms with van der Waals surface area (Å²) in [6.07, 6.45) is 8.64. The zero-order valence-electron chi connectivity index (χ0n) is 11.3. The zero-order chi connectivity index (χ0) is 14.1. The third-order valence-electron chi connectivity index (χ3n) is 3.79. The SMILES string of the molecule is CCn1cc(-c2nc(Cl)c(Br)c(C3CCCC3)n2)cn1. The van der Waals surface area contributed by atoms with Gasteiger partial charge in [-0.1, -0.05) is 24.4 Å². The molecule has 0 atom stereocenters. The lowest BCUT2D eigenvalue weighted by atomic mass is 10.0. The van der Waals surface area contributed by atoms with Crippen LogP contribution in [-0.4, -0.2) is 19.7 Å². The van der Waals surface area contributed by atoms with Crippen molar-refractivity contribution in [3.05, 3.63) is 27.7 Å². The van der Waals surface area contributed by atoms with Crippen LogP contribution in [0.5, 0.6) is 0 Å². The Labute approximate surface area is 131 Å². The van der Waals surface area contributed by atoms with Crippen LogP contribution >= 0.6 is 27.5 Å². The molecule has 0 amide bonds. The Bertz CT molecular complexity index is 620. The third-order valence-corrected chi connectivity index (χ3v) is 5.08. The molecular weight excluding hydrogens is 340 g/mol. The molecule has 1 aliphatic carbocycles. The van der Waals surface area contributed by atoms with Crippen molar-refractivity contribution < 1.29 is 0 Å². The molecule has 6 heteroatoms. The van der Waals surface area contributed by atoms with Gasteiger partial charge in [0, 0.05) is 18.7 Å². The Morgan fingerprint density at radius 2 is 2.10 bits per heavy atom. The first-order valence-corrected chi connectivity index (χ1v) is 8.12. The minimum absolute atomic E-state index is 0.487. The number of aromatic nitrogens is 4. The molecule has 0 aliphatic heterocycles. The maximum atomic E-state index is 6.26. The number of aryl methyl sites for hydroxylation is 1. The summed E-state index contributed by atoms with van der Waals surface area (Å²) in [5.74, 6) is 1.16. The van der Waals surface area contributed by atoms with Gasteiger partial charge in [-0.15, -0.1) is 0 Å². The lowest BCUT2D eigenvalue weighted by molar-refractivity contribution is 0.660. The van der Waals surface area contributed by atoms with Gasteiger partial charge in [0.2, 0.25) is 0 Å². The van der Waals surface area contributed by atoms with E-state index in [1.807, 2.05) is 10.9 Å². The highest BCUT2D eigenvalue weighted by atomic mass is 79.9. The Balaban J connectivity index is 2.03. The number of nitrogens with zero attached hydrogens (tertiary/aromatic N) is 4. The first-order valence-electron chi connectivity index (χ1n) is 6.94. The average Bonchev–Trinajstić information content (AvgIpc) is 3.11. The lowest BCUT2D eigenvalue weighted by Gasteiger charge is -2.12. The van der Waals surface area contributed by atoms with Gasteiger partial charge in [-0.05, 0) is 35.7 Å². The predicted octanol–water partition coefficient (Wildman–Crippen LogP) is 4.43. The molecule has 0 radical (unpaired) electrons. The first-order chi connectivity index (χ1) is 9.69. The van der Waals surface area contributed by atoms with Crippen LogP contribution in [0.1, 0.15) is 44.2 Å². The van der Waals surface area contributed by atoms with E-state index in [-0.39, 0.29) is 0 Å². The highest BCUT2D eigenvalue weighted by Crippen LogP contribution is 2.39. The van der Waals surface area contributed by atoms with Crippen molar-refractivity contribution in [2.24, 2.45) is 0 Å². The molecule has 1 aliphatic rings. The monoisotopic (exact) mass is 354 g/mol. The van der Waals surface area contributed by atoms with Crippen LogP contribution < -0.4 is 0 Å². The molecule has 2 aromatic heterocycles. The summed E-state index contributed by atoms with van der Waals surface area (Å²) < 4.78 is 2.71. The van der Waals surface area contributed by atoms with Crippen LogP contribution in [0.3, 0.4) is 0 Å². The van der Waals surface area contributed by atoms with Crippen molar-refractivity contribution in [2.75, 3.05) is 0 Å². The van der Waals surface area contributed by atoms with Gasteiger partial charge in [0.15, 0.2) is 5.82 Å². The van der Waals surface area contributed by atoms with Crippen molar-refractivity contribution in [3.63, 3.8) is 0 Å². The Kier molecular flexibility index (Phi) is 4.08. The molecule has 0 aromatic carbocycles. The normalized spacial score (nSPS) is 15.9. The minimum atomic E-state index is 0.487. The van der Waals surface area contributed by atoms with Gasteiger partial charge < -0.3 is 0 Å². The fourth-order valence-electron chi connectivity index (χ4n) is 2.69. The highest BCUT2D eigenvalue weighted by molar-refractivity contribution is 9.10. The van der Waals surface area contributed by atoms with E-state index in [9.17, 15) is 0 Å². The summed E-state index contributed by atoms with van der Waals surface area (Å²) in [5, 5.41) is 4.76. The number of rotatable bonds is 3. The summed E-state index contributed by atoms with van der Waals surface area (Å²) in [6.45, 7) is 2.88. The molecule has 4 nitrogen and oxygen atoms in total. The first kappa shape index (κ1) is 14.0. The van der Waals surface area contributed by atoms with E-state index in [0.717, 1.165) is 22.3 Å². The molecule has 0 saturated heterocycles. The van der Waals surface area contributed by atoms with Crippen LogP contribution in [0.2, 0.25) is 5.15 Å². The van der Waals surface area contributed by atoms with Crippen molar-refractivity contribution >= 4 is 27.5 Å². The fraction of sp³-hybridized carbons (Fsp3) is 0.500. The highest BCUT2D eigenvalue weighted by Gasteiger charge is 2.24. The second-order valence-corrected chi connectivity index (χ2v) is 6.25. The number of hydrogen-bond donors (Lipinski definition) is 0. The predicted molar refractivity (Wildman–Crippen MR) is 82.8 cm³/mol. The molecule has 3 rings (SSSR count). The van der Waals surface area contributed by atoms with E-state index in [1.54, 1.807) is 6.20 Å². The number of halogens is 2. The van der Waals surface area contributed by atoms with E-state index in [4.69, 9.17) is 16.6 Å². The van der Waals surface area contributed by atoms with Crippen LogP contribution in [-0.2, 0) is 6.54 Å². The molecule has 0 spiro atoms. The standard InChI is InChI=1S/C14H16BrClN4/c1-2-20-8-10(7-17-20)14-18-12(9-5-3-4-6-9)11(15)13(16)19-14/h7-9H,2-6H2,1H3. The number of hydrogen-bond acceptors (Lipinski definition) is 3. The summed E-state index contributed by atoms with van der Waals surface area (Å²) in [6, 6.07) is 0. The lowest BCUT2D eigenvalue weighted by Crippen LogP contribution is -2.02. The quantitative estimate of drug-likeness (QED) is 0.765. The topological polar surface area (TPSA) is 43.6 Å². The van der Waals surface area contributed by atoms with E-state index in [0.29, 0.717) is 16.9 Å². The van der Waals surface area contributed by atoms with Crippen LogP contribution in [0.15, 0.2) is 16.9 Å². The molecule has 20 heavy (non-hydrogen) atoms. The summed E-state index contributed by atoms with van der Waals surface area (Å²) >= 11 is 9.80.